The van der Waals surface area contributed by atoms with Crippen LogP contribution in [0.25, 0.3) is 0 Å². The molecular formula is C13H20N2O. The van der Waals surface area contributed by atoms with Crippen LogP contribution in [0, 0.1) is 0 Å². The Balaban J connectivity index is 2.37. The molecule has 0 unspecified atom stereocenters. The third-order valence-corrected chi connectivity index (χ3v) is 2.11. The minimum Gasteiger partial charge on any atom is -0.492 e. The Labute approximate surface area is 97.5 Å². The van der Waals surface area contributed by atoms with Gasteiger partial charge in [-0.1, -0.05) is 13.0 Å². The number of aromatic nitrogens is 1. The van der Waals surface area contributed by atoms with Gasteiger partial charge in [0.25, 0.3) is 0 Å². The highest BCUT2D eigenvalue weighted by Gasteiger charge is 1.96. The standard InChI is InChI=1S/C13H20N2O/c1-3-5-6-8-16-13-9-12(10-14-11-13)15-7-4-2/h3,9-11,15H,1,4-8H2,2H3. The number of allylic oxidation sites excluding steroid dienone is 1. The quantitative estimate of drug-likeness (QED) is 0.539. The molecule has 88 valence electrons. The molecule has 0 bridgehead atoms. The lowest BCUT2D eigenvalue weighted by Gasteiger charge is -2.08. The van der Waals surface area contributed by atoms with Gasteiger partial charge < -0.3 is 10.1 Å². The SMILES string of the molecule is C=CCCCOc1cncc(NCCC)c1. The Morgan fingerprint density at radius 2 is 2.38 bits per heavy atom. The fourth-order valence-corrected chi connectivity index (χ4v) is 1.28. The summed E-state index contributed by atoms with van der Waals surface area (Å²) in [6.45, 7) is 7.48. The zero-order chi connectivity index (χ0) is 11.6. The Morgan fingerprint density at radius 3 is 3.12 bits per heavy atom. The van der Waals surface area contributed by atoms with Crippen LogP contribution in [-0.4, -0.2) is 18.1 Å². The number of anilines is 1. The highest BCUT2D eigenvalue weighted by molar-refractivity contribution is 5.44. The first-order chi connectivity index (χ1) is 7.86. The predicted molar refractivity (Wildman–Crippen MR) is 67.9 cm³/mol. The lowest BCUT2D eigenvalue weighted by Crippen LogP contribution is -2.01. The van der Waals surface area contributed by atoms with Crippen LogP contribution in [0.3, 0.4) is 0 Å². The molecule has 0 atom stereocenters. The van der Waals surface area contributed by atoms with Crippen LogP contribution >= 0.6 is 0 Å². The smallest absolute Gasteiger partial charge is 0.139 e. The molecule has 0 saturated carbocycles. The normalized spacial score (nSPS) is 9.81. The Kier molecular flexibility index (Phi) is 6.07. The number of hydrogen-bond acceptors (Lipinski definition) is 3. The minimum atomic E-state index is 0.713. The lowest BCUT2D eigenvalue weighted by atomic mass is 10.3. The Bertz CT molecular complexity index is 313. The van der Waals surface area contributed by atoms with E-state index in [2.05, 4.69) is 23.8 Å². The van der Waals surface area contributed by atoms with Crippen LogP contribution in [0.15, 0.2) is 31.1 Å². The van der Waals surface area contributed by atoms with Crippen molar-refractivity contribution in [1.82, 2.24) is 4.98 Å². The molecule has 1 heterocycles. The number of unbranched alkanes of at least 4 members (excludes halogenated alkanes) is 1. The minimum absolute atomic E-state index is 0.713. The lowest BCUT2D eigenvalue weighted by molar-refractivity contribution is 0.311. The van der Waals surface area contributed by atoms with Crippen molar-refractivity contribution in [2.45, 2.75) is 26.2 Å². The average Bonchev–Trinajstić information content (AvgIpc) is 2.33. The second-order valence-corrected chi connectivity index (χ2v) is 3.62. The van der Waals surface area contributed by atoms with Gasteiger partial charge in [-0.2, -0.15) is 0 Å². The molecule has 0 amide bonds. The molecule has 0 aliphatic rings. The summed E-state index contributed by atoms with van der Waals surface area (Å²) >= 11 is 0. The zero-order valence-corrected chi connectivity index (χ0v) is 9.91. The molecule has 1 aromatic rings. The summed E-state index contributed by atoms with van der Waals surface area (Å²) in [4.78, 5) is 4.13. The first kappa shape index (κ1) is 12.6. The summed E-state index contributed by atoms with van der Waals surface area (Å²) in [6, 6.07) is 1.98. The van der Waals surface area contributed by atoms with E-state index in [4.69, 9.17) is 4.74 Å². The molecule has 0 aliphatic heterocycles. The molecule has 0 aliphatic carbocycles. The van der Waals surface area contributed by atoms with Crippen LogP contribution in [0.2, 0.25) is 0 Å². The fourth-order valence-electron chi connectivity index (χ4n) is 1.28. The van der Waals surface area contributed by atoms with E-state index in [1.807, 2.05) is 18.3 Å². The van der Waals surface area contributed by atoms with E-state index in [0.29, 0.717) is 6.61 Å². The first-order valence-electron chi connectivity index (χ1n) is 5.79. The molecule has 1 rings (SSSR count). The van der Waals surface area contributed by atoms with Gasteiger partial charge in [0.05, 0.1) is 24.7 Å². The maximum absolute atomic E-state index is 5.58. The molecule has 0 fully saturated rings. The highest BCUT2D eigenvalue weighted by atomic mass is 16.5. The van der Waals surface area contributed by atoms with Crippen molar-refractivity contribution in [2.75, 3.05) is 18.5 Å². The van der Waals surface area contributed by atoms with Gasteiger partial charge in [-0.3, -0.25) is 4.98 Å². The molecule has 0 aromatic carbocycles. The molecule has 3 heteroatoms. The van der Waals surface area contributed by atoms with Crippen LogP contribution in [-0.2, 0) is 0 Å². The van der Waals surface area contributed by atoms with E-state index < -0.39 is 0 Å². The molecule has 0 saturated heterocycles. The summed E-state index contributed by atoms with van der Waals surface area (Å²) in [5.74, 6) is 0.824. The fraction of sp³-hybridized carbons (Fsp3) is 0.462. The van der Waals surface area contributed by atoms with Crippen molar-refractivity contribution in [3.8, 4) is 5.75 Å². The number of ether oxygens (including phenoxy) is 1. The molecule has 0 radical (unpaired) electrons. The summed E-state index contributed by atoms with van der Waals surface area (Å²) in [7, 11) is 0. The molecule has 1 N–H and O–H groups in total. The summed E-state index contributed by atoms with van der Waals surface area (Å²) < 4.78 is 5.58. The summed E-state index contributed by atoms with van der Waals surface area (Å²) in [5, 5.41) is 3.28. The van der Waals surface area contributed by atoms with Gasteiger partial charge >= 0.3 is 0 Å². The summed E-state index contributed by atoms with van der Waals surface area (Å²) in [5.41, 5.74) is 1.02. The van der Waals surface area contributed by atoms with Gasteiger partial charge in [-0.25, -0.2) is 0 Å². The van der Waals surface area contributed by atoms with Crippen LogP contribution < -0.4 is 10.1 Å². The number of pyridine rings is 1. The maximum atomic E-state index is 5.58. The second-order valence-electron chi connectivity index (χ2n) is 3.62. The van der Waals surface area contributed by atoms with Gasteiger partial charge in [0.2, 0.25) is 0 Å². The van der Waals surface area contributed by atoms with E-state index in [-0.39, 0.29) is 0 Å². The second kappa shape index (κ2) is 7.74. The first-order valence-corrected chi connectivity index (χ1v) is 5.79. The molecule has 16 heavy (non-hydrogen) atoms. The van der Waals surface area contributed by atoms with Gasteiger partial charge in [0.1, 0.15) is 5.75 Å². The van der Waals surface area contributed by atoms with Gasteiger partial charge in [-0.15, -0.1) is 6.58 Å². The van der Waals surface area contributed by atoms with Gasteiger partial charge in [-0.05, 0) is 19.3 Å². The van der Waals surface area contributed by atoms with Gasteiger partial charge in [0, 0.05) is 12.6 Å². The highest BCUT2D eigenvalue weighted by Crippen LogP contribution is 2.15. The Morgan fingerprint density at radius 1 is 1.50 bits per heavy atom. The summed E-state index contributed by atoms with van der Waals surface area (Å²) in [6.07, 6.45) is 8.54. The molecule has 1 aromatic heterocycles. The topological polar surface area (TPSA) is 34.1 Å². The number of nitrogens with one attached hydrogen (secondary N) is 1. The van der Waals surface area contributed by atoms with E-state index in [1.165, 1.54) is 0 Å². The van der Waals surface area contributed by atoms with E-state index in [0.717, 1.165) is 37.2 Å². The average molecular weight is 220 g/mol. The largest absolute Gasteiger partial charge is 0.492 e. The van der Waals surface area contributed by atoms with E-state index >= 15 is 0 Å². The zero-order valence-electron chi connectivity index (χ0n) is 9.91. The van der Waals surface area contributed by atoms with E-state index in [1.54, 1.807) is 6.20 Å². The monoisotopic (exact) mass is 220 g/mol. The molecule has 3 nitrogen and oxygen atoms in total. The van der Waals surface area contributed by atoms with Gasteiger partial charge in [0.15, 0.2) is 0 Å². The predicted octanol–water partition coefficient (Wildman–Crippen LogP) is 3.25. The van der Waals surface area contributed by atoms with Crippen molar-refractivity contribution in [1.29, 1.82) is 0 Å². The van der Waals surface area contributed by atoms with Crippen LogP contribution in [0.1, 0.15) is 26.2 Å². The van der Waals surface area contributed by atoms with Crippen LogP contribution in [0.4, 0.5) is 5.69 Å². The van der Waals surface area contributed by atoms with Crippen LogP contribution in [0.5, 0.6) is 5.75 Å². The third-order valence-electron chi connectivity index (χ3n) is 2.11. The van der Waals surface area contributed by atoms with Crippen molar-refractivity contribution >= 4 is 5.69 Å². The molecule has 0 spiro atoms. The molecular weight excluding hydrogens is 200 g/mol. The third kappa shape index (κ3) is 4.82. The maximum Gasteiger partial charge on any atom is 0.139 e. The number of hydrogen-bond donors (Lipinski definition) is 1. The van der Waals surface area contributed by atoms with Crippen molar-refractivity contribution < 1.29 is 4.74 Å². The number of nitrogens with zero attached hydrogens (tertiary/aromatic N) is 1. The van der Waals surface area contributed by atoms with Crippen molar-refractivity contribution in [3.63, 3.8) is 0 Å². The van der Waals surface area contributed by atoms with Crippen molar-refractivity contribution in [2.24, 2.45) is 0 Å². The van der Waals surface area contributed by atoms with E-state index in [9.17, 15) is 0 Å². The van der Waals surface area contributed by atoms with Crippen molar-refractivity contribution in [3.05, 3.63) is 31.1 Å². The number of rotatable bonds is 8. The Hall–Kier alpha value is -1.51.